The second kappa shape index (κ2) is 8.11. The molecule has 1 aliphatic heterocycles. The molecule has 0 amide bonds. The molecule has 2 N–H and O–H groups in total. The topological polar surface area (TPSA) is 50.3 Å². The maximum absolute atomic E-state index is 6.22. The Morgan fingerprint density at radius 3 is 2.52 bits per heavy atom. The summed E-state index contributed by atoms with van der Waals surface area (Å²) < 4.78 is 2.24. The number of likely N-dealkylation sites (N-methyl/N-ethyl adjacent to an activating group) is 1. The summed E-state index contributed by atoms with van der Waals surface area (Å²) in [5, 5.41) is 0. The van der Waals surface area contributed by atoms with Gasteiger partial charge in [0.2, 0.25) is 5.95 Å². The maximum atomic E-state index is 6.22. The molecule has 5 heteroatoms. The first kappa shape index (κ1) is 18.0. The number of hydrogen-bond acceptors (Lipinski definition) is 4. The monoisotopic (exact) mass is 363 g/mol. The zero-order chi connectivity index (χ0) is 18.6. The van der Waals surface area contributed by atoms with Crippen molar-refractivity contribution in [2.24, 2.45) is 0 Å². The predicted molar refractivity (Wildman–Crippen MR) is 112 cm³/mol. The van der Waals surface area contributed by atoms with E-state index < -0.39 is 0 Å². The van der Waals surface area contributed by atoms with E-state index in [9.17, 15) is 0 Å². The van der Waals surface area contributed by atoms with Crippen LogP contribution in [0.5, 0.6) is 0 Å². The summed E-state index contributed by atoms with van der Waals surface area (Å²) in [6.07, 6.45) is 2.26. The van der Waals surface area contributed by atoms with Gasteiger partial charge < -0.3 is 20.1 Å². The summed E-state index contributed by atoms with van der Waals surface area (Å²) >= 11 is 0. The van der Waals surface area contributed by atoms with Gasteiger partial charge >= 0.3 is 0 Å². The first-order chi connectivity index (χ1) is 13.2. The van der Waals surface area contributed by atoms with Gasteiger partial charge in [0.25, 0.3) is 0 Å². The SMILES string of the molecule is CN(CCN1CCC(n2c(N)nc3ccccc32)CC1)Cc1ccccc1. The molecule has 1 aromatic heterocycles. The minimum atomic E-state index is 0.454. The highest BCUT2D eigenvalue weighted by Gasteiger charge is 2.23. The Kier molecular flexibility index (Phi) is 5.41. The van der Waals surface area contributed by atoms with E-state index in [4.69, 9.17) is 5.73 Å². The standard InChI is InChI=1S/C22H29N5/c1-25(17-18-7-3-2-4-8-18)15-16-26-13-11-19(12-14-26)27-21-10-6-5-9-20(21)24-22(27)23/h2-10,19H,11-17H2,1H3,(H2,23,24). The van der Waals surface area contributed by atoms with Gasteiger partial charge in [-0.15, -0.1) is 0 Å². The first-order valence-corrected chi connectivity index (χ1v) is 9.88. The Morgan fingerprint density at radius 1 is 1.04 bits per heavy atom. The van der Waals surface area contributed by atoms with Crippen molar-refractivity contribution in [3.63, 3.8) is 0 Å². The molecular weight excluding hydrogens is 334 g/mol. The van der Waals surface area contributed by atoms with Gasteiger partial charge in [0.05, 0.1) is 11.0 Å². The van der Waals surface area contributed by atoms with Crippen LogP contribution in [-0.2, 0) is 6.54 Å². The van der Waals surface area contributed by atoms with Crippen LogP contribution in [0.3, 0.4) is 0 Å². The highest BCUT2D eigenvalue weighted by Crippen LogP contribution is 2.29. The Bertz CT molecular complexity index is 865. The Labute approximate surface area is 161 Å². The van der Waals surface area contributed by atoms with Crippen molar-refractivity contribution < 1.29 is 0 Å². The molecule has 27 heavy (non-hydrogen) atoms. The summed E-state index contributed by atoms with van der Waals surface area (Å²) in [7, 11) is 2.21. The van der Waals surface area contributed by atoms with Crippen molar-refractivity contribution in [2.45, 2.75) is 25.4 Å². The predicted octanol–water partition coefficient (Wildman–Crippen LogP) is 3.39. The number of anilines is 1. The van der Waals surface area contributed by atoms with E-state index in [1.165, 1.54) is 5.56 Å². The van der Waals surface area contributed by atoms with Gasteiger partial charge in [-0.1, -0.05) is 42.5 Å². The maximum Gasteiger partial charge on any atom is 0.201 e. The van der Waals surface area contributed by atoms with Crippen LogP contribution in [0.25, 0.3) is 11.0 Å². The molecule has 1 saturated heterocycles. The number of para-hydroxylation sites is 2. The summed E-state index contributed by atoms with van der Waals surface area (Å²) in [5.41, 5.74) is 9.76. The van der Waals surface area contributed by atoms with E-state index in [-0.39, 0.29) is 0 Å². The second-order valence-electron chi connectivity index (χ2n) is 7.62. The van der Waals surface area contributed by atoms with Crippen molar-refractivity contribution in [2.75, 3.05) is 39.0 Å². The molecule has 1 aliphatic rings. The number of nitrogens with zero attached hydrogens (tertiary/aromatic N) is 4. The van der Waals surface area contributed by atoms with Gasteiger partial charge in [-0.05, 0) is 37.6 Å². The van der Waals surface area contributed by atoms with Gasteiger partial charge in [-0.25, -0.2) is 4.98 Å². The van der Waals surface area contributed by atoms with Gasteiger partial charge in [0.15, 0.2) is 0 Å². The van der Waals surface area contributed by atoms with E-state index in [2.05, 4.69) is 68.9 Å². The van der Waals surface area contributed by atoms with Crippen LogP contribution in [0.4, 0.5) is 5.95 Å². The second-order valence-corrected chi connectivity index (χ2v) is 7.62. The van der Waals surface area contributed by atoms with Crippen LogP contribution in [-0.4, -0.2) is 52.6 Å². The minimum Gasteiger partial charge on any atom is -0.369 e. The zero-order valence-corrected chi connectivity index (χ0v) is 16.1. The molecule has 3 aromatic rings. The van der Waals surface area contributed by atoms with Crippen LogP contribution in [0.2, 0.25) is 0 Å². The Hall–Kier alpha value is -2.37. The molecule has 2 heterocycles. The number of imidazole rings is 1. The largest absolute Gasteiger partial charge is 0.369 e. The summed E-state index contributed by atoms with van der Waals surface area (Å²) in [4.78, 5) is 9.51. The molecule has 0 radical (unpaired) electrons. The average Bonchev–Trinajstić information content (AvgIpc) is 3.03. The van der Waals surface area contributed by atoms with E-state index in [0.29, 0.717) is 12.0 Å². The number of piperidine rings is 1. The molecule has 2 aromatic carbocycles. The fourth-order valence-corrected chi connectivity index (χ4v) is 4.13. The number of fused-ring (bicyclic) bond motifs is 1. The lowest BCUT2D eigenvalue weighted by molar-refractivity contribution is 0.167. The van der Waals surface area contributed by atoms with E-state index in [0.717, 1.165) is 56.6 Å². The number of hydrogen-bond donors (Lipinski definition) is 1. The molecule has 0 saturated carbocycles. The van der Waals surface area contributed by atoms with E-state index in [1.54, 1.807) is 0 Å². The van der Waals surface area contributed by atoms with E-state index in [1.807, 2.05) is 12.1 Å². The molecule has 0 atom stereocenters. The summed E-state index contributed by atoms with van der Waals surface area (Å²) in [6.45, 7) is 5.46. The third-order valence-corrected chi connectivity index (χ3v) is 5.64. The summed E-state index contributed by atoms with van der Waals surface area (Å²) in [6, 6.07) is 19.4. The lowest BCUT2D eigenvalue weighted by Crippen LogP contribution is -2.39. The van der Waals surface area contributed by atoms with Crippen LogP contribution in [0, 0.1) is 0 Å². The molecule has 0 spiro atoms. The molecule has 5 nitrogen and oxygen atoms in total. The number of aromatic nitrogens is 2. The molecular formula is C22H29N5. The zero-order valence-electron chi connectivity index (χ0n) is 16.1. The normalized spacial score (nSPS) is 16.4. The fourth-order valence-electron chi connectivity index (χ4n) is 4.13. The molecule has 4 rings (SSSR count). The average molecular weight is 364 g/mol. The minimum absolute atomic E-state index is 0.454. The smallest absolute Gasteiger partial charge is 0.201 e. The van der Waals surface area contributed by atoms with Crippen molar-refractivity contribution >= 4 is 17.0 Å². The van der Waals surface area contributed by atoms with Gasteiger partial charge in [0.1, 0.15) is 0 Å². The van der Waals surface area contributed by atoms with Gasteiger partial charge in [-0.2, -0.15) is 0 Å². The number of nitrogen functional groups attached to an aromatic ring is 1. The van der Waals surface area contributed by atoms with Crippen LogP contribution < -0.4 is 5.73 Å². The lowest BCUT2D eigenvalue weighted by Gasteiger charge is -2.34. The van der Waals surface area contributed by atoms with Crippen molar-refractivity contribution in [3.8, 4) is 0 Å². The number of rotatable bonds is 6. The van der Waals surface area contributed by atoms with Crippen molar-refractivity contribution in [1.82, 2.24) is 19.4 Å². The van der Waals surface area contributed by atoms with Crippen LogP contribution in [0.1, 0.15) is 24.4 Å². The number of benzene rings is 2. The molecule has 142 valence electrons. The van der Waals surface area contributed by atoms with Gasteiger partial charge in [0, 0.05) is 38.8 Å². The molecule has 1 fully saturated rings. The highest BCUT2D eigenvalue weighted by atomic mass is 15.2. The van der Waals surface area contributed by atoms with Gasteiger partial charge in [-0.3, -0.25) is 0 Å². The summed E-state index contributed by atoms with van der Waals surface area (Å²) in [5.74, 6) is 0.650. The van der Waals surface area contributed by atoms with E-state index >= 15 is 0 Å². The van der Waals surface area contributed by atoms with Crippen molar-refractivity contribution in [1.29, 1.82) is 0 Å². The quantitative estimate of drug-likeness (QED) is 0.729. The lowest BCUT2D eigenvalue weighted by atomic mass is 10.0. The fraction of sp³-hybridized carbons (Fsp3) is 0.409. The molecule has 0 bridgehead atoms. The molecule has 0 unspecified atom stereocenters. The third kappa shape index (κ3) is 4.15. The number of likely N-dealkylation sites (tertiary alicyclic amines) is 1. The van der Waals surface area contributed by atoms with Crippen molar-refractivity contribution in [3.05, 3.63) is 60.2 Å². The van der Waals surface area contributed by atoms with Crippen LogP contribution >= 0.6 is 0 Å². The highest BCUT2D eigenvalue weighted by molar-refractivity contribution is 5.78. The molecule has 0 aliphatic carbocycles. The van der Waals surface area contributed by atoms with Crippen LogP contribution in [0.15, 0.2) is 54.6 Å². The Morgan fingerprint density at radius 2 is 1.74 bits per heavy atom. The first-order valence-electron chi connectivity index (χ1n) is 9.88. The number of nitrogens with two attached hydrogens (primary N) is 1. The Balaban J connectivity index is 1.29. The third-order valence-electron chi connectivity index (χ3n) is 5.64.